The third kappa shape index (κ3) is 4.85. The smallest absolute Gasteiger partial charge is 0.254 e. The molecule has 0 saturated carbocycles. The van der Waals surface area contributed by atoms with E-state index in [0.29, 0.717) is 17.1 Å². The number of rotatable bonds is 7. The summed E-state index contributed by atoms with van der Waals surface area (Å²) in [5, 5.41) is 13.1. The first-order chi connectivity index (χ1) is 13.6. The third-order valence-electron chi connectivity index (χ3n) is 4.21. The Kier molecular flexibility index (Phi) is 6.57. The van der Waals surface area contributed by atoms with Gasteiger partial charge in [-0.2, -0.15) is 0 Å². The van der Waals surface area contributed by atoms with Crippen molar-refractivity contribution in [2.75, 3.05) is 18.2 Å². The lowest BCUT2D eigenvalue weighted by molar-refractivity contribution is -0.124. The van der Waals surface area contributed by atoms with Gasteiger partial charge in [-0.05, 0) is 42.0 Å². The fraction of sp³-hybridized carbons (Fsp3) is 0.136. The zero-order valence-electron chi connectivity index (χ0n) is 15.4. The van der Waals surface area contributed by atoms with Crippen LogP contribution in [-0.4, -0.2) is 24.2 Å². The molecule has 28 heavy (non-hydrogen) atoms. The van der Waals surface area contributed by atoms with Crippen molar-refractivity contribution in [1.82, 2.24) is 0 Å². The summed E-state index contributed by atoms with van der Waals surface area (Å²) in [5.41, 5.74) is 8.09. The van der Waals surface area contributed by atoms with Crippen LogP contribution in [0.1, 0.15) is 10.8 Å². The van der Waals surface area contributed by atoms with E-state index >= 15 is 0 Å². The molecule has 3 aromatic rings. The number of para-hydroxylation sites is 2. The van der Waals surface area contributed by atoms with Crippen LogP contribution in [0.15, 0.2) is 83.8 Å². The van der Waals surface area contributed by atoms with E-state index in [1.165, 1.54) is 11.8 Å². The Morgan fingerprint density at radius 1 is 1.00 bits per heavy atom. The number of nitrogens with one attached hydrogen (secondary N) is 1. The van der Waals surface area contributed by atoms with Crippen molar-refractivity contribution in [3.8, 4) is 5.75 Å². The second kappa shape index (κ2) is 9.30. The Morgan fingerprint density at radius 3 is 2.29 bits per heavy atom. The summed E-state index contributed by atoms with van der Waals surface area (Å²) in [7, 11) is 1.59. The maximum atomic E-state index is 12.7. The molecule has 0 bridgehead atoms. The van der Waals surface area contributed by atoms with Gasteiger partial charge in [-0.3, -0.25) is 4.79 Å². The Labute approximate surface area is 168 Å². The van der Waals surface area contributed by atoms with E-state index in [0.717, 1.165) is 10.5 Å². The van der Waals surface area contributed by atoms with Gasteiger partial charge in [0.05, 0.1) is 12.4 Å². The van der Waals surface area contributed by atoms with Gasteiger partial charge < -0.3 is 20.9 Å². The van der Waals surface area contributed by atoms with Gasteiger partial charge in [-0.1, -0.05) is 42.5 Å². The van der Waals surface area contributed by atoms with Crippen molar-refractivity contribution in [2.45, 2.75) is 16.2 Å². The lowest BCUT2D eigenvalue weighted by Gasteiger charge is -2.23. The number of ether oxygens (including phenoxy) is 1. The van der Waals surface area contributed by atoms with Crippen molar-refractivity contribution in [3.63, 3.8) is 0 Å². The van der Waals surface area contributed by atoms with Crippen LogP contribution in [0, 0.1) is 0 Å². The number of nitrogens with two attached hydrogens (primary N) is 1. The van der Waals surface area contributed by atoms with E-state index in [1.807, 2.05) is 48.5 Å². The van der Waals surface area contributed by atoms with Crippen LogP contribution in [0.3, 0.4) is 0 Å². The Balaban J connectivity index is 1.87. The largest absolute Gasteiger partial charge is 0.497 e. The summed E-state index contributed by atoms with van der Waals surface area (Å²) in [5.74, 6) is 0.226. The van der Waals surface area contributed by atoms with Gasteiger partial charge in [0, 0.05) is 16.3 Å². The standard InChI is InChI=1S/C22H22N2O3S/c1-27-17-13-11-15(12-14-17)21(28-19-10-6-5-9-18(19)23)20(25)22(26)24-16-7-3-2-4-8-16/h2-14,20-21,25H,23H2,1H3,(H,24,26)/t20-,21+/m1/s1. The average Bonchev–Trinajstić information content (AvgIpc) is 2.73. The lowest BCUT2D eigenvalue weighted by Crippen LogP contribution is -2.32. The Bertz CT molecular complexity index is 917. The van der Waals surface area contributed by atoms with Crippen LogP contribution in [0.25, 0.3) is 0 Å². The molecule has 0 fully saturated rings. The lowest BCUT2D eigenvalue weighted by atomic mass is 10.1. The minimum atomic E-state index is -1.28. The molecular formula is C22H22N2O3S. The number of anilines is 2. The first kappa shape index (κ1) is 19.8. The van der Waals surface area contributed by atoms with Crippen LogP contribution < -0.4 is 15.8 Å². The predicted molar refractivity (Wildman–Crippen MR) is 114 cm³/mol. The summed E-state index contributed by atoms with van der Waals surface area (Å²) in [6.45, 7) is 0. The first-order valence-corrected chi connectivity index (χ1v) is 9.65. The molecule has 6 heteroatoms. The Hall–Kier alpha value is -2.96. The van der Waals surface area contributed by atoms with Gasteiger partial charge in [0.1, 0.15) is 11.9 Å². The number of carbonyl (C=O) groups excluding carboxylic acids is 1. The molecule has 0 radical (unpaired) electrons. The summed E-state index contributed by atoms with van der Waals surface area (Å²) in [6.07, 6.45) is -1.28. The van der Waals surface area contributed by atoms with Crippen LogP contribution in [0.5, 0.6) is 5.75 Å². The van der Waals surface area contributed by atoms with Gasteiger partial charge in [0.2, 0.25) is 0 Å². The molecule has 1 amide bonds. The molecule has 0 aromatic heterocycles. The molecule has 0 aliphatic heterocycles. The number of hydrogen-bond donors (Lipinski definition) is 3. The average molecular weight is 394 g/mol. The maximum Gasteiger partial charge on any atom is 0.254 e. The van der Waals surface area contributed by atoms with Crippen LogP contribution in [0.2, 0.25) is 0 Å². The van der Waals surface area contributed by atoms with Gasteiger partial charge in [-0.25, -0.2) is 0 Å². The van der Waals surface area contributed by atoms with Crippen molar-refractivity contribution in [2.24, 2.45) is 0 Å². The van der Waals surface area contributed by atoms with Crippen LogP contribution >= 0.6 is 11.8 Å². The van der Waals surface area contributed by atoms with Gasteiger partial charge >= 0.3 is 0 Å². The molecular weight excluding hydrogens is 372 g/mol. The number of methoxy groups -OCH3 is 1. The topological polar surface area (TPSA) is 84.6 Å². The molecule has 0 heterocycles. The molecule has 0 aliphatic carbocycles. The summed E-state index contributed by atoms with van der Waals surface area (Å²) >= 11 is 1.35. The quantitative estimate of drug-likeness (QED) is 0.415. The zero-order valence-corrected chi connectivity index (χ0v) is 16.2. The molecule has 0 unspecified atom stereocenters. The SMILES string of the molecule is COc1ccc([C@H](Sc2ccccc2N)[C@@H](O)C(=O)Nc2ccccc2)cc1. The number of nitrogen functional groups attached to an aromatic ring is 1. The molecule has 2 atom stereocenters. The zero-order chi connectivity index (χ0) is 19.9. The number of benzene rings is 3. The number of carbonyl (C=O) groups is 1. The highest BCUT2D eigenvalue weighted by molar-refractivity contribution is 7.99. The van der Waals surface area contributed by atoms with E-state index < -0.39 is 17.3 Å². The van der Waals surface area contributed by atoms with E-state index in [-0.39, 0.29) is 0 Å². The van der Waals surface area contributed by atoms with Crippen molar-refractivity contribution in [1.29, 1.82) is 0 Å². The highest BCUT2D eigenvalue weighted by Gasteiger charge is 2.29. The molecule has 0 spiro atoms. The minimum Gasteiger partial charge on any atom is -0.497 e. The highest BCUT2D eigenvalue weighted by Crippen LogP contribution is 2.41. The van der Waals surface area contributed by atoms with Gasteiger partial charge in [-0.15, -0.1) is 11.8 Å². The van der Waals surface area contributed by atoms with Crippen molar-refractivity contribution in [3.05, 3.63) is 84.4 Å². The van der Waals surface area contributed by atoms with E-state index in [1.54, 1.807) is 37.4 Å². The third-order valence-corrected chi connectivity index (χ3v) is 5.62. The maximum absolute atomic E-state index is 12.7. The predicted octanol–water partition coefficient (Wildman–Crippen LogP) is 4.11. The summed E-state index contributed by atoms with van der Waals surface area (Å²) < 4.78 is 5.20. The second-order valence-corrected chi connectivity index (χ2v) is 7.33. The number of hydrogen-bond acceptors (Lipinski definition) is 5. The monoisotopic (exact) mass is 394 g/mol. The molecule has 3 rings (SSSR count). The number of thioether (sulfide) groups is 1. The van der Waals surface area contributed by atoms with E-state index in [2.05, 4.69) is 5.32 Å². The fourth-order valence-electron chi connectivity index (χ4n) is 2.71. The number of aliphatic hydroxyl groups excluding tert-OH is 1. The van der Waals surface area contributed by atoms with Gasteiger partial charge in [0.15, 0.2) is 0 Å². The van der Waals surface area contributed by atoms with Crippen molar-refractivity contribution < 1.29 is 14.6 Å². The van der Waals surface area contributed by atoms with Crippen LogP contribution in [0.4, 0.5) is 11.4 Å². The minimum absolute atomic E-state index is 0.478. The van der Waals surface area contributed by atoms with E-state index in [9.17, 15) is 9.90 Å². The second-order valence-electron chi connectivity index (χ2n) is 6.15. The van der Waals surface area contributed by atoms with Gasteiger partial charge in [0.25, 0.3) is 5.91 Å². The molecule has 4 N–H and O–H groups in total. The Morgan fingerprint density at radius 2 is 1.64 bits per heavy atom. The number of aliphatic hydroxyl groups is 1. The van der Waals surface area contributed by atoms with Crippen LogP contribution in [-0.2, 0) is 4.79 Å². The highest BCUT2D eigenvalue weighted by atomic mass is 32.2. The van der Waals surface area contributed by atoms with E-state index in [4.69, 9.17) is 10.5 Å². The summed E-state index contributed by atoms with van der Waals surface area (Å²) in [6, 6.07) is 23.7. The summed E-state index contributed by atoms with van der Waals surface area (Å²) in [4.78, 5) is 13.5. The molecule has 3 aromatic carbocycles. The molecule has 5 nitrogen and oxygen atoms in total. The van der Waals surface area contributed by atoms with Crippen molar-refractivity contribution >= 4 is 29.0 Å². The fourth-order valence-corrected chi connectivity index (χ4v) is 3.89. The molecule has 0 aliphatic rings. The normalized spacial score (nSPS) is 12.8. The molecule has 0 saturated heterocycles. The number of amides is 1. The first-order valence-electron chi connectivity index (χ1n) is 8.77. The molecule has 144 valence electrons.